The van der Waals surface area contributed by atoms with E-state index in [1.807, 2.05) is 18.2 Å². The van der Waals surface area contributed by atoms with E-state index in [4.69, 9.17) is 11.6 Å². The molecule has 1 aliphatic carbocycles. The van der Waals surface area contributed by atoms with Crippen molar-refractivity contribution in [3.8, 4) is 0 Å². The Morgan fingerprint density at radius 2 is 1.91 bits per heavy atom. The Labute approximate surface area is 201 Å². The molecule has 0 saturated heterocycles. The number of fused-ring (bicyclic) bond motifs is 3. The molecule has 32 heavy (non-hydrogen) atoms. The maximum absolute atomic E-state index is 13.2. The van der Waals surface area contributed by atoms with Gasteiger partial charge < -0.3 is 5.32 Å². The molecule has 3 aromatic carbocycles. The summed E-state index contributed by atoms with van der Waals surface area (Å²) >= 11 is 9.74. The van der Waals surface area contributed by atoms with E-state index in [1.165, 1.54) is 5.56 Å². The van der Waals surface area contributed by atoms with Crippen molar-refractivity contribution in [2.45, 2.75) is 30.2 Å². The van der Waals surface area contributed by atoms with Crippen molar-refractivity contribution in [2.75, 3.05) is 10.0 Å². The van der Waals surface area contributed by atoms with Gasteiger partial charge in [0.05, 0.1) is 16.6 Å². The van der Waals surface area contributed by atoms with Gasteiger partial charge in [-0.3, -0.25) is 4.72 Å². The van der Waals surface area contributed by atoms with E-state index in [2.05, 4.69) is 50.3 Å². The van der Waals surface area contributed by atoms with Crippen LogP contribution in [-0.2, 0) is 10.0 Å². The van der Waals surface area contributed by atoms with Gasteiger partial charge in [-0.05, 0) is 78.4 Å². The van der Waals surface area contributed by atoms with Crippen LogP contribution in [0.4, 0.5) is 11.4 Å². The van der Waals surface area contributed by atoms with Gasteiger partial charge in [0.15, 0.2) is 0 Å². The lowest BCUT2D eigenvalue weighted by atomic mass is 9.77. The molecule has 3 aromatic rings. The summed E-state index contributed by atoms with van der Waals surface area (Å²) in [5, 5.41) is 4.19. The normalized spacial score (nSPS) is 21.5. The van der Waals surface area contributed by atoms with Gasteiger partial charge in [-0.1, -0.05) is 57.9 Å². The Morgan fingerprint density at radius 3 is 2.72 bits per heavy atom. The molecular weight excluding hydrogens is 508 g/mol. The van der Waals surface area contributed by atoms with E-state index in [-0.39, 0.29) is 16.9 Å². The Balaban J connectivity index is 1.50. The van der Waals surface area contributed by atoms with Crippen molar-refractivity contribution in [3.63, 3.8) is 0 Å². The van der Waals surface area contributed by atoms with Gasteiger partial charge in [0, 0.05) is 21.1 Å². The largest absolute Gasteiger partial charge is 0.378 e. The highest BCUT2D eigenvalue weighted by Gasteiger charge is 2.38. The van der Waals surface area contributed by atoms with Gasteiger partial charge >= 0.3 is 0 Å². The molecular formula is C25H22BrClN2O2S. The van der Waals surface area contributed by atoms with Crippen LogP contribution in [0.2, 0.25) is 5.02 Å². The number of halogens is 2. The third-order valence-corrected chi connectivity index (χ3v) is 8.63. The molecule has 1 heterocycles. The molecule has 0 aromatic heterocycles. The molecule has 0 bridgehead atoms. The molecule has 4 nitrogen and oxygen atoms in total. The fourth-order valence-corrected chi connectivity index (χ4v) is 6.44. The molecule has 7 heteroatoms. The van der Waals surface area contributed by atoms with E-state index in [9.17, 15) is 8.42 Å². The highest BCUT2D eigenvalue weighted by atomic mass is 79.9. The molecule has 0 unspecified atom stereocenters. The molecule has 5 rings (SSSR count). The summed E-state index contributed by atoms with van der Waals surface area (Å²) in [6, 6.07) is 19.1. The van der Waals surface area contributed by atoms with Crippen LogP contribution in [0.25, 0.3) is 0 Å². The molecule has 0 fully saturated rings. The number of allylic oxidation sites excluding steroid dienone is 2. The van der Waals surface area contributed by atoms with Gasteiger partial charge in [-0.2, -0.15) is 0 Å². The van der Waals surface area contributed by atoms with Gasteiger partial charge in [-0.15, -0.1) is 0 Å². The summed E-state index contributed by atoms with van der Waals surface area (Å²) in [6.07, 6.45) is 5.36. The average molecular weight is 530 g/mol. The van der Waals surface area contributed by atoms with Crippen LogP contribution in [-0.4, -0.2) is 8.42 Å². The average Bonchev–Trinajstić information content (AvgIpc) is 3.26. The minimum Gasteiger partial charge on any atom is -0.378 e. The third-order valence-electron chi connectivity index (χ3n) is 6.36. The molecule has 2 N–H and O–H groups in total. The van der Waals surface area contributed by atoms with Crippen LogP contribution in [0.1, 0.15) is 35.1 Å². The topological polar surface area (TPSA) is 58.2 Å². The number of anilines is 2. The molecule has 0 saturated carbocycles. The van der Waals surface area contributed by atoms with Crippen molar-refractivity contribution in [1.29, 1.82) is 0 Å². The van der Waals surface area contributed by atoms with E-state index in [0.29, 0.717) is 22.2 Å². The predicted octanol–water partition coefficient (Wildman–Crippen LogP) is 7.04. The summed E-state index contributed by atoms with van der Waals surface area (Å²) in [5.41, 5.74) is 4.40. The smallest absolute Gasteiger partial charge is 0.261 e. The van der Waals surface area contributed by atoms with E-state index in [0.717, 1.165) is 22.1 Å². The Kier molecular flexibility index (Phi) is 5.56. The van der Waals surface area contributed by atoms with Gasteiger partial charge in [0.2, 0.25) is 0 Å². The first-order chi connectivity index (χ1) is 15.3. The first-order valence-electron chi connectivity index (χ1n) is 10.4. The highest BCUT2D eigenvalue weighted by Crippen LogP contribution is 2.50. The zero-order valence-electron chi connectivity index (χ0n) is 17.3. The second-order valence-electron chi connectivity index (χ2n) is 8.30. The van der Waals surface area contributed by atoms with Gasteiger partial charge in [0.1, 0.15) is 0 Å². The van der Waals surface area contributed by atoms with Crippen molar-refractivity contribution < 1.29 is 8.42 Å². The quantitative estimate of drug-likeness (QED) is 0.356. The van der Waals surface area contributed by atoms with E-state index in [1.54, 1.807) is 37.3 Å². The second kappa shape index (κ2) is 8.25. The lowest BCUT2D eigenvalue weighted by Gasteiger charge is -2.37. The lowest BCUT2D eigenvalue weighted by Crippen LogP contribution is -2.29. The second-order valence-corrected chi connectivity index (χ2v) is 11.3. The molecule has 3 atom stereocenters. The molecule has 2 aliphatic rings. The maximum atomic E-state index is 13.2. The lowest BCUT2D eigenvalue weighted by molar-refractivity contribution is 0.425. The standard InChI is InChI=1S/C25H22BrClN2O2S/c1-15-22(27)9-4-10-23(15)29-32(30,31)18-11-12-24-21(14-18)19-7-3-8-20(19)25(28-24)16-5-2-6-17(26)13-16/h2-7,9-14,19-20,25,28-29H,8H2,1H3/t19-,20+,25+/m0/s1. The van der Waals surface area contributed by atoms with Crippen molar-refractivity contribution >= 4 is 48.9 Å². The highest BCUT2D eigenvalue weighted by molar-refractivity contribution is 9.10. The zero-order chi connectivity index (χ0) is 22.5. The summed E-state index contributed by atoms with van der Waals surface area (Å²) in [6.45, 7) is 1.80. The SMILES string of the molecule is Cc1c(Cl)cccc1NS(=O)(=O)c1ccc2c(c1)[C@H]1C=CC[C@H]1[C@@H](c1cccc(Br)c1)N2. The van der Waals surface area contributed by atoms with Crippen LogP contribution in [0.15, 0.2) is 82.2 Å². The fourth-order valence-electron chi connectivity index (χ4n) is 4.69. The van der Waals surface area contributed by atoms with Crippen molar-refractivity contribution in [1.82, 2.24) is 0 Å². The molecule has 0 spiro atoms. The molecule has 1 aliphatic heterocycles. The fraction of sp³-hybridized carbons (Fsp3) is 0.200. The van der Waals surface area contributed by atoms with Crippen molar-refractivity contribution in [3.05, 3.63) is 99.0 Å². The van der Waals surface area contributed by atoms with Gasteiger partial charge in [-0.25, -0.2) is 8.42 Å². The number of hydrogen-bond acceptors (Lipinski definition) is 3. The molecule has 164 valence electrons. The monoisotopic (exact) mass is 528 g/mol. The number of hydrogen-bond donors (Lipinski definition) is 2. The predicted molar refractivity (Wildman–Crippen MR) is 134 cm³/mol. The Hall–Kier alpha value is -2.28. The number of benzene rings is 3. The van der Waals surface area contributed by atoms with Crippen LogP contribution >= 0.6 is 27.5 Å². The minimum absolute atomic E-state index is 0.162. The van der Waals surface area contributed by atoms with E-state index >= 15 is 0 Å². The van der Waals surface area contributed by atoms with Crippen LogP contribution in [0, 0.1) is 12.8 Å². The number of rotatable bonds is 4. The number of sulfonamides is 1. The zero-order valence-corrected chi connectivity index (χ0v) is 20.5. The van der Waals surface area contributed by atoms with Crippen LogP contribution in [0.3, 0.4) is 0 Å². The first-order valence-corrected chi connectivity index (χ1v) is 13.1. The Bertz CT molecular complexity index is 1340. The maximum Gasteiger partial charge on any atom is 0.261 e. The van der Waals surface area contributed by atoms with Crippen LogP contribution < -0.4 is 10.0 Å². The summed E-state index contributed by atoms with van der Waals surface area (Å²) in [7, 11) is -3.75. The number of nitrogens with one attached hydrogen (secondary N) is 2. The summed E-state index contributed by atoms with van der Waals surface area (Å²) < 4.78 is 30.1. The Morgan fingerprint density at radius 1 is 1.09 bits per heavy atom. The molecule has 0 amide bonds. The van der Waals surface area contributed by atoms with Gasteiger partial charge in [0.25, 0.3) is 10.0 Å². The summed E-state index contributed by atoms with van der Waals surface area (Å²) in [4.78, 5) is 0.248. The van der Waals surface area contributed by atoms with E-state index < -0.39 is 10.0 Å². The van der Waals surface area contributed by atoms with Crippen LogP contribution in [0.5, 0.6) is 0 Å². The first kappa shape index (κ1) is 21.6. The molecule has 0 radical (unpaired) electrons. The van der Waals surface area contributed by atoms with Crippen molar-refractivity contribution in [2.24, 2.45) is 5.92 Å². The third kappa shape index (κ3) is 3.85. The summed E-state index contributed by atoms with van der Waals surface area (Å²) in [5.74, 6) is 0.496. The minimum atomic E-state index is -3.75.